The number of thiocarbonyl (C=S) groups is 1. The number of amides is 2. The first-order valence-electron chi connectivity index (χ1n) is 8.35. The van der Waals surface area contributed by atoms with Gasteiger partial charge in [-0.15, -0.1) is 23.1 Å². The summed E-state index contributed by atoms with van der Waals surface area (Å²) in [6, 6.07) is 3.04. The minimum Gasteiger partial charge on any atom is -0.477 e. The zero-order chi connectivity index (χ0) is 20.4. The van der Waals surface area contributed by atoms with Gasteiger partial charge in [0.25, 0.3) is 5.91 Å². The highest BCUT2D eigenvalue weighted by molar-refractivity contribution is 8.23. The Morgan fingerprint density at radius 3 is 2.82 bits per heavy atom. The molecule has 0 radical (unpaired) electrons. The number of nitrogens with zero attached hydrogens (tertiary/aromatic N) is 2. The zero-order valence-electron chi connectivity index (χ0n) is 15.2. The fraction of sp³-hybridized carbons (Fsp3) is 0.412. The molecule has 2 N–H and O–H groups in total. The van der Waals surface area contributed by atoms with E-state index in [9.17, 15) is 19.5 Å². The van der Waals surface area contributed by atoms with E-state index in [0.717, 1.165) is 4.88 Å². The van der Waals surface area contributed by atoms with Gasteiger partial charge in [0, 0.05) is 30.5 Å². The molecule has 2 aliphatic rings. The highest BCUT2D eigenvalue weighted by atomic mass is 32.2. The minimum atomic E-state index is -1.13. The maximum absolute atomic E-state index is 12.6. The van der Waals surface area contributed by atoms with Crippen LogP contribution in [0.5, 0.6) is 0 Å². The van der Waals surface area contributed by atoms with Crippen LogP contribution >= 0.6 is 47.1 Å². The molecule has 2 aliphatic heterocycles. The van der Waals surface area contributed by atoms with Gasteiger partial charge in [0.05, 0.1) is 6.42 Å². The third kappa shape index (κ3) is 4.37. The second-order valence-electron chi connectivity index (χ2n) is 6.42. The van der Waals surface area contributed by atoms with E-state index in [2.05, 4.69) is 5.32 Å². The third-order valence-corrected chi connectivity index (χ3v) is 8.26. The van der Waals surface area contributed by atoms with E-state index in [1.54, 1.807) is 4.90 Å². The van der Waals surface area contributed by atoms with Gasteiger partial charge >= 0.3 is 5.97 Å². The number of carboxylic acid groups (broad SMARTS) is 1. The predicted octanol–water partition coefficient (Wildman–Crippen LogP) is 1.61. The fourth-order valence-corrected chi connectivity index (χ4v) is 6.02. The van der Waals surface area contributed by atoms with Gasteiger partial charge in [-0.25, -0.2) is 4.79 Å². The maximum Gasteiger partial charge on any atom is 0.352 e. The number of carbonyl (C=O) groups excluding carboxylic acids is 2. The van der Waals surface area contributed by atoms with Crippen LogP contribution < -0.4 is 5.32 Å². The summed E-state index contributed by atoms with van der Waals surface area (Å²) in [5.41, 5.74) is 0.686. The van der Waals surface area contributed by atoms with Crippen LogP contribution in [0.25, 0.3) is 0 Å². The number of thioether (sulfide) groups is 2. The fourth-order valence-electron chi connectivity index (χ4n) is 2.87. The second kappa shape index (κ2) is 8.85. The smallest absolute Gasteiger partial charge is 0.352 e. The molecule has 1 aromatic heterocycles. The lowest BCUT2D eigenvalue weighted by atomic mass is 10.0. The number of hydrogen-bond donors (Lipinski definition) is 2. The van der Waals surface area contributed by atoms with E-state index in [4.69, 9.17) is 12.2 Å². The Labute approximate surface area is 180 Å². The van der Waals surface area contributed by atoms with E-state index in [1.807, 2.05) is 31.6 Å². The van der Waals surface area contributed by atoms with Crippen molar-refractivity contribution in [2.45, 2.75) is 17.8 Å². The molecule has 0 aromatic carbocycles. The summed E-state index contributed by atoms with van der Waals surface area (Å²) in [6.07, 6.45) is 0.213. The minimum absolute atomic E-state index is 0.0200. The van der Waals surface area contributed by atoms with Crippen LogP contribution in [0.15, 0.2) is 28.8 Å². The summed E-state index contributed by atoms with van der Waals surface area (Å²) < 4.78 is 0.651. The predicted molar refractivity (Wildman–Crippen MR) is 116 cm³/mol. The van der Waals surface area contributed by atoms with Crippen molar-refractivity contribution in [1.29, 1.82) is 0 Å². The van der Waals surface area contributed by atoms with Crippen LogP contribution in [0.3, 0.4) is 0 Å². The number of rotatable bonds is 6. The largest absolute Gasteiger partial charge is 0.477 e. The van der Waals surface area contributed by atoms with E-state index >= 15 is 0 Å². The number of carbonyl (C=O) groups is 3. The van der Waals surface area contributed by atoms with Crippen molar-refractivity contribution in [2.75, 3.05) is 25.6 Å². The molecule has 2 unspecified atom stereocenters. The molecular weight excluding hydrogens is 438 g/mol. The molecule has 0 saturated carbocycles. The van der Waals surface area contributed by atoms with Crippen molar-refractivity contribution >= 4 is 69.2 Å². The maximum atomic E-state index is 12.6. The average molecular weight is 458 g/mol. The molecule has 2 atom stereocenters. The van der Waals surface area contributed by atoms with Gasteiger partial charge in [0.15, 0.2) is 0 Å². The van der Waals surface area contributed by atoms with Crippen molar-refractivity contribution in [3.8, 4) is 0 Å². The molecule has 7 nitrogen and oxygen atoms in total. The Hall–Kier alpha value is -1.56. The number of thiophene rings is 1. The van der Waals surface area contributed by atoms with Crippen LogP contribution in [-0.4, -0.2) is 74.0 Å². The summed E-state index contributed by atoms with van der Waals surface area (Å²) in [6.45, 7) is 0. The normalized spacial score (nSPS) is 21.1. The van der Waals surface area contributed by atoms with E-state index in [-0.39, 0.29) is 29.3 Å². The van der Waals surface area contributed by atoms with Crippen molar-refractivity contribution in [2.24, 2.45) is 0 Å². The lowest BCUT2D eigenvalue weighted by Gasteiger charge is -2.49. The molecule has 0 spiro atoms. The Kier molecular flexibility index (Phi) is 6.69. The molecule has 0 bridgehead atoms. The Morgan fingerprint density at radius 2 is 2.21 bits per heavy atom. The topological polar surface area (TPSA) is 90.0 Å². The molecule has 1 fully saturated rings. The Balaban J connectivity index is 1.68. The molecule has 1 aromatic rings. The number of carboxylic acids is 1. The molecule has 11 heteroatoms. The first-order chi connectivity index (χ1) is 13.3. The highest BCUT2D eigenvalue weighted by Gasteiger charge is 2.54. The molecule has 2 amide bonds. The highest BCUT2D eigenvalue weighted by Crippen LogP contribution is 2.41. The monoisotopic (exact) mass is 457 g/mol. The average Bonchev–Trinajstić information content (AvgIpc) is 3.15. The van der Waals surface area contributed by atoms with Gasteiger partial charge in [-0.1, -0.05) is 30.0 Å². The third-order valence-electron chi connectivity index (χ3n) is 4.22. The van der Waals surface area contributed by atoms with Crippen molar-refractivity contribution in [1.82, 2.24) is 15.1 Å². The van der Waals surface area contributed by atoms with Gasteiger partial charge < -0.3 is 15.3 Å². The summed E-state index contributed by atoms with van der Waals surface area (Å²) in [7, 11) is 3.66. The SMILES string of the molecule is CN(C)C(=S)SCC1=C(C(=O)O)N2C(=O)C(NC(=O)Cc3cccs3)C2SC1. The quantitative estimate of drug-likeness (QED) is 0.492. The van der Waals surface area contributed by atoms with E-state index < -0.39 is 12.0 Å². The molecule has 3 rings (SSSR count). The number of aliphatic carboxylic acids is 1. The van der Waals surface area contributed by atoms with E-state index in [0.29, 0.717) is 21.4 Å². The first kappa shape index (κ1) is 21.2. The lowest BCUT2D eigenvalue weighted by molar-refractivity contribution is -0.150. The molecule has 28 heavy (non-hydrogen) atoms. The number of β-lactam (4-membered cyclic amide) rings is 1. The number of hydrogen-bond acceptors (Lipinski definition) is 7. The van der Waals surface area contributed by atoms with Gasteiger partial charge in [0.1, 0.15) is 21.4 Å². The van der Waals surface area contributed by atoms with Gasteiger partial charge in [0.2, 0.25) is 5.91 Å². The number of fused-ring (bicyclic) bond motifs is 1. The van der Waals surface area contributed by atoms with Crippen LogP contribution in [0.4, 0.5) is 0 Å². The lowest BCUT2D eigenvalue weighted by Crippen LogP contribution is -2.70. The van der Waals surface area contributed by atoms with Crippen LogP contribution in [0, 0.1) is 0 Å². The van der Waals surface area contributed by atoms with Gasteiger partial charge in [-0.2, -0.15) is 0 Å². The molecule has 0 aliphatic carbocycles. The molecular formula is C17H19N3O4S4. The van der Waals surface area contributed by atoms with Crippen LogP contribution in [0.2, 0.25) is 0 Å². The molecule has 1 saturated heterocycles. The zero-order valence-corrected chi connectivity index (χ0v) is 18.5. The Bertz CT molecular complexity index is 837. The van der Waals surface area contributed by atoms with Gasteiger partial charge in [-0.05, 0) is 17.0 Å². The van der Waals surface area contributed by atoms with Crippen LogP contribution in [0.1, 0.15) is 4.88 Å². The second-order valence-corrected chi connectivity index (χ2v) is 10.2. The summed E-state index contributed by atoms with van der Waals surface area (Å²) in [4.78, 5) is 40.6. The van der Waals surface area contributed by atoms with Gasteiger partial charge in [-0.3, -0.25) is 14.5 Å². The van der Waals surface area contributed by atoms with Crippen molar-refractivity contribution < 1.29 is 19.5 Å². The number of nitrogens with one attached hydrogen (secondary N) is 1. The standard InChI is InChI=1S/C17H19N3O4S4/c1-19(2)17(25)28-8-9-7-27-15-12(14(22)20(15)13(9)16(23)24)18-11(21)6-10-4-3-5-26-10/h3-5,12,15H,6-8H2,1-2H3,(H,18,21)(H,23,24). The van der Waals surface area contributed by atoms with Crippen molar-refractivity contribution in [3.63, 3.8) is 0 Å². The summed E-state index contributed by atoms with van der Waals surface area (Å²) in [5, 5.41) is 13.9. The molecule has 3 heterocycles. The summed E-state index contributed by atoms with van der Waals surface area (Å²) >= 11 is 9.55. The Morgan fingerprint density at radius 1 is 1.46 bits per heavy atom. The molecule has 150 valence electrons. The van der Waals surface area contributed by atoms with Crippen LogP contribution in [-0.2, 0) is 20.8 Å². The van der Waals surface area contributed by atoms with Crippen molar-refractivity contribution in [3.05, 3.63) is 33.7 Å². The van der Waals surface area contributed by atoms with E-state index in [1.165, 1.54) is 39.8 Å². The summed E-state index contributed by atoms with van der Waals surface area (Å²) in [5.74, 6) is -0.853. The first-order valence-corrected chi connectivity index (χ1v) is 11.7.